The third-order valence-corrected chi connectivity index (χ3v) is 4.69. The van der Waals surface area contributed by atoms with E-state index < -0.39 is 0 Å². The smallest absolute Gasteiger partial charge is 0.321 e. The number of hydrogen-bond donors (Lipinski definition) is 1. The van der Waals surface area contributed by atoms with E-state index >= 15 is 0 Å². The van der Waals surface area contributed by atoms with Gasteiger partial charge in [0, 0.05) is 44.2 Å². The minimum absolute atomic E-state index is 0.0402. The number of rotatable bonds is 5. The van der Waals surface area contributed by atoms with Crippen LogP contribution in [0.1, 0.15) is 32.6 Å². The van der Waals surface area contributed by atoms with Crippen LogP contribution in [0.25, 0.3) is 0 Å². The molecule has 5 nitrogen and oxygen atoms in total. The van der Waals surface area contributed by atoms with Crippen LogP contribution < -0.4 is 10.2 Å². The van der Waals surface area contributed by atoms with Crippen LogP contribution in [0.3, 0.4) is 0 Å². The van der Waals surface area contributed by atoms with Crippen LogP contribution >= 0.6 is 0 Å². The molecule has 2 heterocycles. The molecule has 2 aliphatic rings. The van der Waals surface area contributed by atoms with E-state index in [4.69, 9.17) is 4.74 Å². The Hall–Kier alpha value is -1.75. The number of likely N-dealkylation sites (N-methyl/N-ethyl adjacent to an activating group) is 1. The molecule has 0 bridgehead atoms. The van der Waals surface area contributed by atoms with Crippen LogP contribution in [0.2, 0.25) is 0 Å². The molecular weight excluding hydrogens is 290 g/mol. The Morgan fingerprint density at radius 2 is 2.17 bits per heavy atom. The van der Waals surface area contributed by atoms with E-state index in [-0.39, 0.29) is 12.1 Å². The monoisotopic (exact) mass is 317 g/mol. The zero-order valence-corrected chi connectivity index (χ0v) is 14.0. The predicted octanol–water partition coefficient (Wildman–Crippen LogP) is 3.32. The lowest BCUT2D eigenvalue weighted by atomic mass is 10.2. The van der Waals surface area contributed by atoms with Crippen molar-refractivity contribution >= 4 is 17.4 Å². The first kappa shape index (κ1) is 16.1. The molecule has 3 rings (SSSR count). The van der Waals surface area contributed by atoms with Crippen molar-refractivity contribution in [3.8, 4) is 0 Å². The van der Waals surface area contributed by atoms with Gasteiger partial charge in [0.1, 0.15) is 0 Å². The van der Waals surface area contributed by atoms with E-state index in [2.05, 4.69) is 22.3 Å². The van der Waals surface area contributed by atoms with Gasteiger partial charge in [-0.3, -0.25) is 0 Å². The average molecular weight is 317 g/mol. The third-order valence-electron chi connectivity index (χ3n) is 4.69. The van der Waals surface area contributed by atoms with Gasteiger partial charge in [0.05, 0.1) is 6.10 Å². The summed E-state index contributed by atoms with van der Waals surface area (Å²) >= 11 is 0. The summed E-state index contributed by atoms with van der Waals surface area (Å²) in [5.41, 5.74) is 2.06. The fraction of sp³-hybridized carbons (Fsp3) is 0.611. The number of urea groups is 1. The molecule has 1 N–H and O–H groups in total. The average Bonchev–Trinajstić information content (AvgIpc) is 3.26. The summed E-state index contributed by atoms with van der Waals surface area (Å²) in [6.45, 7) is 6.41. The Morgan fingerprint density at radius 1 is 1.35 bits per heavy atom. The second-order valence-electron chi connectivity index (χ2n) is 6.35. The molecule has 23 heavy (non-hydrogen) atoms. The lowest BCUT2D eigenvalue weighted by Crippen LogP contribution is -2.40. The molecule has 0 saturated carbocycles. The number of carbonyl (C=O) groups is 1. The number of anilines is 2. The van der Waals surface area contributed by atoms with Crippen molar-refractivity contribution in [3.05, 3.63) is 24.3 Å². The Labute approximate surface area is 138 Å². The molecule has 1 aromatic carbocycles. The standard InChI is InChI=1S/C18H27N3O2/c1-2-20(14-17-9-6-12-23-17)18(22)19-15-7-5-8-16(13-15)21-10-3-4-11-21/h5,7-8,13,17H,2-4,6,9-12,14H2,1H3,(H,19,22)/t17-/m1/s1. The summed E-state index contributed by atoms with van der Waals surface area (Å²) in [5, 5.41) is 3.04. The molecule has 0 aromatic heterocycles. The highest BCUT2D eigenvalue weighted by Crippen LogP contribution is 2.23. The van der Waals surface area contributed by atoms with Crippen LogP contribution in [0.4, 0.5) is 16.2 Å². The topological polar surface area (TPSA) is 44.8 Å². The van der Waals surface area contributed by atoms with E-state index in [9.17, 15) is 4.79 Å². The van der Waals surface area contributed by atoms with E-state index in [0.29, 0.717) is 13.1 Å². The third kappa shape index (κ3) is 4.16. The first-order valence-corrected chi connectivity index (χ1v) is 8.79. The van der Waals surface area contributed by atoms with Gasteiger partial charge >= 0.3 is 6.03 Å². The maximum Gasteiger partial charge on any atom is 0.321 e. The Morgan fingerprint density at radius 3 is 2.87 bits per heavy atom. The molecule has 5 heteroatoms. The van der Waals surface area contributed by atoms with Gasteiger partial charge in [0.25, 0.3) is 0 Å². The van der Waals surface area contributed by atoms with Gasteiger partial charge in [-0.15, -0.1) is 0 Å². The van der Waals surface area contributed by atoms with Crippen molar-refractivity contribution in [1.82, 2.24) is 4.90 Å². The first-order valence-electron chi connectivity index (χ1n) is 8.79. The second kappa shape index (κ2) is 7.68. The van der Waals surface area contributed by atoms with Gasteiger partial charge < -0.3 is 19.9 Å². The Balaban J connectivity index is 1.60. The number of hydrogen-bond acceptors (Lipinski definition) is 3. The van der Waals surface area contributed by atoms with Gasteiger partial charge in [0.2, 0.25) is 0 Å². The lowest BCUT2D eigenvalue weighted by molar-refractivity contribution is 0.0849. The van der Waals surface area contributed by atoms with Crippen LogP contribution in [0.15, 0.2) is 24.3 Å². The summed E-state index contributed by atoms with van der Waals surface area (Å²) in [4.78, 5) is 16.7. The summed E-state index contributed by atoms with van der Waals surface area (Å²) < 4.78 is 5.64. The van der Waals surface area contributed by atoms with Gasteiger partial charge in [-0.05, 0) is 50.8 Å². The normalized spacial score (nSPS) is 20.7. The Bertz CT molecular complexity index is 523. The highest BCUT2D eigenvalue weighted by molar-refractivity contribution is 5.90. The maximum atomic E-state index is 12.5. The van der Waals surface area contributed by atoms with Crippen LogP contribution in [-0.4, -0.2) is 49.8 Å². The van der Waals surface area contributed by atoms with Crippen molar-refractivity contribution < 1.29 is 9.53 Å². The van der Waals surface area contributed by atoms with Crippen molar-refractivity contribution in [1.29, 1.82) is 0 Å². The molecule has 2 amide bonds. The number of nitrogens with zero attached hydrogens (tertiary/aromatic N) is 2. The van der Waals surface area contributed by atoms with E-state index in [0.717, 1.165) is 38.2 Å². The van der Waals surface area contributed by atoms with Crippen molar-refractivity contribution in [2.45, 2.75) is 38.7 Å². The van der Waals surface area contributed by atoms with Crippen molar-refractivity contribution in [2.75, 3.05) is 43.0 Å². The molecule has 2 saturated heterocycles. The minimum Gasteiger partial charge on any atom is -0.376 e. The molecule has 0 unspecified atom stereocenters. The van der Waals surface area contributed by atoms with Gasteiger partial charge in [-0.1, -0.05) is 6.07 Å². The largest absolute Gasteiger partial charge is 0.376 e. The fourth-order valence-corrected chi connectivity index (χ4v) is 3.35. The van der Waals surface area contributed by atoms with E-state index in [1.165, 1.54) is 18.5 Å². The van der Waals surface area contributed by atoms with Crippen molar-refractivity contribution in [2.24, 2.45) is 0 Å². The van der Waals surface area contributed by atoms with Crippen molar-refractivity contribution in [3.63, 3.8) is 0 Å². The fourth-order valence-electron chi connectivity index (χ4n) is 3.35. The van der Waals surface area contributed by atoms with Crippen LogP contribution in [-0.2, 0) is 4.74 Å². The molecule has 1 atom stereocenters. The Kier molecular flexibility index (Phi) is 5.39. The highest BCUT2D eigenvalue weighted by atomic mass is 16.5. The van der Waals surface area contributed by atoms with E-state index in [1.807, 2.05) is 24.0 Å². The number of amides is 2. The zero-order chi connectivity index (χ0) is 16.1. The molecule has 0 spiro atoms. The molecule has 0 radical (unpaired) electrons. The van der Waals surface area contributed by atoms with E-state index in [1.54, 1.807) is 0 Å². The van der Waals surface area contributed by atoms with Crippen LogP contribution in [0.5, 0.6) is 0 Å². The molecule has 2 aliphatic heterocycles. The minimum atomic E-state index is -0.0402. The lowest BCUT2D eigenvalue weighted by Gasteiger charge is -2.25. The number of ether oxygens (including phenoxy) is 1. The SMILES string of the molecule is CCN(C[C@H]1CCCO1)C(=O)Nc1cccc(N2CCCC2)c1. The predicted molar refractivity (Wildman–Crippen MR) is 93.1 cm³/mol. The summed E-state index contributed by atoms with van der Waals surface area (Å²) in [6.07, 6.45) is 4.84. The quantitative estimate of drug-likeness (QED) is 0.906. The molecular formula is C18H27N3O2. The number of benzene rings is 1. The van der Waals surface area contributed by atoms with Gasteiger partial charge in [-0.2, -0.15) is 0 Å². The van der Waals surface area contributed by atoms with Crippen LogP contribution in [0, 0.1) is 0 Å². The maximum absolute atomic E-state index is 12.5. The van der Waals surface area contributed by atoms with Gasteiger partial charge in [0.15, 0.2) is 0 Å². The molecule has 126 valence electrons. The summed E-state index contributed by atoms with van der Waals surface area (Å²) in [5.74, 6) is 0. The van der Waals surface area contributed by atoms with Gasteiger partial charge in [-0.25, -0.2) is 4.79 Å². The summed E-state index contributed by atoms with van der Waals surface area (Å²) in [7, 11) is 0. The first-order chi connectivity index (χ1) is 11.3. The molecule has 2 fully saturated rings. The molecule has 1 aromatic rings. The second-order valence-corrected chi connectivity index (χ2v) is 6.35. The summed E-state index contributed by atoms with van der Waals surface area (Å²) in [6, 6.07) is 8.12. The highest BCUT2D eigenvalue weighted by Gasteiger charge is 2.21. The zero-order valence-electron chi connectivity index (χ0n) is 14.0. The molecule has 0 aliphatic carbocycles. The number of carbonyl (C=O) groups excluding carboxylic acids is 1. The number of nitrogens with one attached hydrogen (secondary N) is 1.